The van der Waals surface area contributed by atoms with Gasteiger partial charge in [-0.2, -0.15) is 0 Å². The van der Waals surface area contributed by atoms with Crippen LogP contribution in [0.3, 0.4) is 0 Å². The van der Waals surface area contributed by atoms with Gasteiger partial charge in [-0.3, -0.25) is 4.79 Å². The van der Waals surface area contributed by atoms with E-state index in [-0.39, 0.29) is 16.5 Å². The number of rotatable bonds is 3. The van der Waals surface area contributed by atoms with E-state index in [9.17, 15) is 9.18 Å². The second kappa shape index (κ2) is 5.90. The van der Waals surface area contributed by atoms with Crippen LogP contribution in [0, 0.1) is 5.82 Å². The average Bonchev–Trinajstić information content (AvgIpc) is 2.36. The van der Waals surface area contributed by atoms with Gasteiger partial charge in [-0.15, -0.1) is 0 Å². The van der Waals surface area contributed by atoms with Crippen molar-refractivity contribution in [1.82, 2.24) is 0 Å². The lowest BCUT2D eigenvalue weighted by molar-refractivity contribution is 0.112. The summed E-state index contributed by atoms with van der Waals surface area (Å²) in [5, 5.41) is 0.382. The van der Waals surface area contributed by atoms with Crippen molar-refractivity contribution in [3.63, 3.8) is 0 Å². The summed E-state index contributed by atoms with van der Waals surface area (Å²) in [4.78, 5) is 10.9. The topological polar surface area (TPSA) is 26.3 Å². The van der Waals surface area contributed by atoms with Gasteiger partial charge in [-0.1, -0.05) is 23.2 Å². The molecule has 0 atom stereocenters. The fraction of sp³-hybridized carbons (Fsp3) is 0. The second-order valence-electron chi connectivity index (χ2n) is 3.60. The molecular formula is C13H6BrCl2FO2. The predicted molar refractivity (Wildman–Crippen MR) is 76.0 cm³/mol. The monoisotopic (exact) mass is 362 g/mol. The molecule has 0 saturated heterocycles. The molecule has 0 aliphatic rings. The van der Waals surface area contributed by atoms with Gasteiger partial charge in [0.25, 0.3) is 0 Å². The van der Waals surface area contributed by atoms with E-state index in [1.165, 1.54) is 18.2 Å². The number of carbonyl (C=O) groups excluding carboxylic acids is 1. The van der Waals surface area contributed by atoms with Gasteiger partial charge < -0.3 is 4.74 Å². The van der Waals surface area contributed by atoms with Crippen LogP contribution in [0.2, 0.25) is 10.0 Å². The normalized spacial score (nSPS) is 10.3. The molecule has 0 bridgehead atoms. The highest BCUT2D eigenvalue weighted by molar-refractivity contribution is 9.10. The molecule has 19 heavy (non-hydrogen) atoms. The Kier molecular flexibility index (Phi) is 4.45. The zero-order valence-electron chi connectivity index (χ0n) is 9.29. The molecule has 2 rings (SSSR count). The van der Waals surface area contributed by atoms with E-state index in [1.54, 1.807) is 6.07 Å². The van der Waals surface area contributed by atoms with Crippen LogP contribution >= 0.6 is 39.1 Å². The molecule has 0 aliphatic carbocycles. The number of hydrogen-bond acceptors (Lipinski definition) is 2. The van der Waals surface area contributed by atoms with Crippen LogP contribution in [0.25, 0.3) is 0 Å². The van der Waals surface area contributed by atoms with E-state index in [2.05, 4.69) is 15.9 Å². The zero-order valence-corrected chi connectivity index (χ0v) is 12.4. The SMILES string of the molecule is O=Cc1ccc(Cl)cc1Oc1cc(F)c(Cl)cc1Br. The summed E-state index contributed by atoms with van der Waals surface area (Å²) in [6.07, 6.45) is 0.631. The highest BCUT2D eigenvalue weighted by Gasteiger charge is 2.11. The molecule has 0 aromatic heterocycles. The number of ether oxygens (including phenoxy) is 1. The second-order valence-corrected chi connectivity index (χ2v) is 5.30. The molecular weight excluding hydrogens is 358 g/mol. The molecule has 0 unspecified atom stereocenters. The summed E-state index contributed by atoms with van der Waals surface area (Å²) in [5.41, 5.74) is 0.312. The quantitative estimate of drug-likeness (QED) is 0.531. The van der Waals surface area contributed by atoms with Crippen molar-refractivity contribution in [2.75, 3.05) is 0 Å². The number of halogens is 4. The molecule has 2 aromatic carbocycles. The molecule has 0 heterocycles. The predicted octanol–water partition coefficient (Wildman–Crippen LogP) is 5.50. The van der Waals surface area contributed by atoms with Crippen LogP contribution in [0.5, 0.6) is 11.5 Å². The molecule has 98 valence electrons. The van der Waals surface area contributed by atoms with Crippen molar-refractivity contribution in [3.8, 4) is 11.5 Å². The van der Waals surface area contributed by atoms with E-state index in [0.717, 1.165) is 6.07 Å². The summed E-state index contributed by atoms with van der Waals surface area (Å²) < 4.78 is 19.4. The van der Waals surface area contributed by atoms with E-state index in [1.807, 2.05) is 0 Å². The molecule has 0 N–H and O–H groups in total. The molecule has 0 spiro atoms. The van der Waals surface area contributed by atoms with Crippen molar-refractivity contribution in [3.05, 3.63) is 56.2 Å². The molecule has 0 fully saturated rings. The first-order valence-corrected chi connectivity index (χ1v) is 6.63. The van der Waals surface area contributed by atoms with Gasteiger partial charge in [-0.05, 0) is 34.1 Å². The summed E-state index contributed by atoms with van der Waals surface area (Å²) >= 11 is 14.7. The van der Waals surface area contributed by atoms with Crippen LogP contribution in [0.1, 0.15) is 10.4 Å². The fourth-order valence-corrected chi connectivity index (χ4v) is 2.28. The Balaban J connectivity index is 2.44. The van der Waals surface area contributed by atoms with Crippen LogP contribution in [0.4, 0.5) is 4.39 Å². The first kappa shape index (κ1) is 14.3. The summed E-state index contributed by atoms with van der Waals surface area (Å²) in [6.45, 7) is 0. The molecule has 0 aliphatic heterocycles. The molecule has 0 saturated carbocycles. The largest absolute Gasteiger partial charge is 0.455 e. The number of aldehydes is 1. The van der Waals surface area contributed by atoms with Gasteiger partial charge in [-0.25, -0.2) is 4.39 Å². The third-order valence-electron chi connectivity index (χ3n) is 2.30. The summed E-state index contributed by atoms with van der Waals surface area (Å²) in [7, 11) is 0. The lowest BCUT2D eigenvalue weighted by atomic mass is 10.2. The standard InChI is InChI=1S/C13H6BrCl2FO2/c14-9-4-10(16)11(17)5-13(9)19-12-3-8(15)2-1-7(12)6-18/h1-6H. The van der Waals surface area contributed by atoms with Gasteiger partial charge >= 0.3 is 0 Å². The Morgan fingerprint density at radius 3 is 2.58 bits per heavy atom. The fourth-order valence-electron chi connectivity index (χ4n) is 1.39. The van der Waals surface area contributed by atoms with Gasteiger partial charge in [0.2, 0.25) is 0 Å². The van der Waals surface area contributed by atoms with Crippen LogP contribution < -0.4 is 4.74 Å². The summed E-state index contributed by atoms with van der Waals surface area (Å²) in [6, 6.07) is 7.06. The Morgan fingerprint density at radius 1 is 1.16 bits per heavy atom. The van der Waals surface area contributed by atoms with E-state index < -0.39 is 5.82 Å². The van der Waals surface area contributed by atoms with E-state index >= 15 is 0 Å². The van der Waals surface area contributed by atoms with Crippen molar-refractivity contribution in [2.24, 2.45) is 0 Å². The minimum absolute atomic E-state index is 0.0269. The molecule has 2 aromatic rings. The van der Waals surface area contributed by atoms with Crippen molar-refractivity contribution < 1.29 is 13.9 Å². The lowest BCUT2D eigenvalue weighted by Gasteiger charge is -2.10. The van der Waals surface area contributed by atoms with Crippen molar-refractivity contribution in [2.45, 2.75) is 0 Å². The molecule has 6 heteroatoms. The summed E-state index contributed by atoms with van der Waals surface area (Å²) in [5.74, 6) is -0.174. The average molecular weight is 364 g/mol. The minimum atomic E-state index is -0.616. The lowest BCUT2D eigenvalue weighted by Crippen LogP contribution is -1.92. The van der Waals surface area contributed by atoms with Gasteiger partial charge in [0.1, 0.15) is 17.3 Å². The van der Waals surface area contributed by atoms with Gasteiger partial charge in [0.05, 0.1) is 15.1 Å². The molecule has 0 amide bonds. The van der Waals surface area contributed by atoms with Crippen LogP contribution in [-0.2, 0) is 0 Å². The molecule has 2 nitrogen and oxygen atoms in total. The number of hydrogen-bond donors (Lipinski definition) is 0. The third kappa shape index (κ3) is 3.26. The highest BCUT2D eigenvalue weighted by Crippen LogP contribution is 2.35. The number of benzene rings is 2. The van der Waals surface area contributed by atoms with E-state index in [0.29, 0.717) is 21.3 Å². The Hall–Kier alpha value is -1.10. The highest BCUT2D eigenvalue weighted by atomic mass is 79.9. The third-order valence-corrected chi connectivity index (χ3v) is 3.44. The van der Waals surface area contributed by atoms with E-state index in [4.69, 9.17) is 27.9 Å². The molecule has 0 radical (unpaired) electrons. The van der Waals surface area contributed by atoms with Crippen LogP contribution in [0.15, 0.2) is 34.8 Å². The van der Waals surface area contributed by atoms with Crippen molar-refractivity contribution >= 4 is 45.4 Å². The Bertz CT molecular complexity index is 647. The first-order valence-electron chi connectivity index (χ1n) is 5.08. The van der Waals surface area contributed by atoms with Crippen LogP contribution in [-0.4, -0.2) is 6.29 Å². The smallest absolute Gasteiger partial charge is 0.153 e. The van der Waals surface area contributed by atoms with Gasteiger partial charge in [0, 0.05) is 17.2 Å². The zero-order chi connectivity index (χ0) is 14.0. The first-order chi connectivity index (χ1) is 9.01. The maximum atomic E-state index is 13.4. The minimum Gasteiger partial charge on any atom is -0.455 e. The maximum Gasteiger partial charge on any atom is 0.153 e. The Labute approximate surface area is 127 Å². The number of carbonyl (C=O) groups is 1. The Morgan fingerprint density at radius 2 is 1.89 bits per heavy atom. The maximum absolute atomic E-state index is 13.4. The van der Waals surface area contributed by atoms with Gasteiger partial charge in [0.15, 0.2) is 6.29 Å². The van der Waals surface area contributed by atoms with Crippen molar-refractivity contribution in [1.29, 1.82) is 0 Å².